The summed E-state index contributed by atoms with van der Waals surface area (Å²) in [5.41, 5.74) is 7.37. The van der Waals surface area contributed by atoms with Gasteiger partial charge in [-0.15, -0.1) is 23.7 Å². The van der Waals surface area contributed by atoms with Gasteiger partial charge in [0, 0.05) is 30.7 Å². The number of benzene rings is 1. The van der Waals surface area contributed by atoms with Crippen LogP contribution in [0.2, 0.25) is 0 Å². The highest BCUT2D eigenvalue weighted by Gasteiger charge is 2.39. The van der Waals surface area contributed by atoms with Crippen LogP contribution in [0.15, 0.2) is 23.6 Å². The van der Waals surface area contributed by atoms with E-state index in [1.54, 1.807) is 19.1 Å². The van der Waals surface area contributed by atoms with Crippen LogP contribution in [-0.4, -0.2) is 30.6 Å². The molecule has 3 N–H and O–H groups in total. The minimum atomic E-state index is -0.587. The van der Waals surface area contributed by atoms with Gasteiger partial charge < -0.3 is 15.8 Å². The molecule has 2 heterocycles. The second-order valence-electron chi connectivity index (χ2n) is 6.05. The van der Waals surface area contributed by atoms with Crippen LogP contribution in [0.4, 0.5) is 9.52 Å². The predicted octanol–water partition coefficient (Wildman–Crippen LogP) is 3.37. The summed E-state index contributed by atoms with van der Waals surface area (Å²) in [5, 5.41) is 5.25. The molecule has 2 aromatic rings. The number of nitrogens with one attached hydrogen (secondary N) is 1. The number of halogens is 2. The Hall–Kier alpha value is -1.54. The van der Waals surface area contributed by atoms with Crippen LogP contribution < -0.4 is 11.1 Å². The Morgan fingerprint density at radius 3 is 2.80 bits per heavy atom. The van der Waals surface area contributed by atoms with Crippen molar-refractivity contribution in [1.29, 1.82) is 0 Å². The molecule has 1 aromatic carbocycles. The lowest BCUT2D eigenvalue weighted by Crippen LogP contribution is -2.46. The summed E-state index contributed by atoms with van der Waals surface area (Å²) in [6.07, 6.45) is 1.23. The zero-order valence-electron chi connectivity index (χ0n) is 13.9. The first-order valence-corrected chi connectivity index (χ1v) is 8.73. The zero-order chi connectivity index (χ0) is 17.2. The quantitative estimate of drug-likeness (QED) is 0.845. The van der Waals surface area contributed by atoms with Gasteiger partial charge in [-0.05, 0) is 43.5 Å². The molecule has 1 fully saturated rings. The van der Waals surface area contributed by atoms with Gasteiger partial charge in [0.1, 0.15) is 5.82 Å². The lowest BCUT2D eigenvalue weighted by molar-refractivity contribution is -0.130. The molecule has 1 aromatic heterocycles. The van der Waals surface area contributed by atoms with Gasteiger partial charge in [0.25, 0.3) is 0 Å². The van der Waals surface area contributed by atoms with Gasteiger partial charge in [0.15, 0.2) is 5.13 Å². The van der Waals surface area contributed by atoms with Crippen LogP contribution in [0, 0.1) is 18.2 Å². The zero-order valence-corrected chi connectivity index (χ0v) is 15.5. The van der Waals surface area contributed by atoms with Crippen molar-refractivity contribution in [1.82, 2.24) is 4.98 Å². The predicted molar refractivity (Wildman–Crippen MR) is 99.7 cm³/mol. The SMILES string of the molecule is Cc1cc(-c2csc(NC(=O)C3(CN)CCOCC3)n2)ccc1F.Cl. The van der Waals surface area contributed by atoms with E-state index in [1.807, 2.05) is 5.38 Å². The van der Waals surface area contributed by atoms with Gasteiger partial charge in [-0.25, -0.2) is 9.37 Å². The Kier molecular flexibility index (Phi) is 6.51. The van der Waals surface area contributed by atoms with Gasteiger partial charge in [-0.3, -0.25) is 4.79 Å². The average Bonchev–Trinajstić information content (AvgIpc) is 3.06. The molecule has 1 saturated heterocycles. The number of hydrogen-bond donors (Lipinski definition) is 2. The van der Waals surface area contributed by atoms with E-state index < -0.39 is 5.41 Å². The molecule has 0 bridgehead atoms. The van der Waals surface area contributed by atoms with Gasteiger partial charge in [0.2, 0.25) is 5.91 Å². The number of aromatic nitrogens is 1. The van der Waals surface area contributed by atoms with Crippen molar-refractivity contribution in [3.63, 3.8) is 0 Å². The van der Waals surface area contributed by atoms with Crippen molar-refractivity contribution < 1.29 is 13.9 Å². The number of thiazole rings is 1. The van der Waals surface area contributed by atoms with Crippen molar-refractivity contribution >= 4 is 34.8 Å². The number of rotatable bonds is 4. The number of ether oxygens (including phenoxy) is 1. The number of nitrogens with zero attached hydrogens (tertiary/aromatic N) is 1. The lowest BCUT2D eigenvalue weighted by atomic mass is 9.79. The number of hydrogen-bond acceptors (Lipinski definition) is 5. The molecule has 25 heavy (non-hydrogen) atoms. The van der Waals surface area contributed by atoms with Crippen LogP contribution in [0.1, 0.15) is 18.4 Å². The van der Waals surface area contributed by atoms with Crippen molar-refractivity contribution in [2.45, 2.75) is 19.8 Å². The molecule has 8 heteroatoms. The third kappa shape index (κ3) is 4.17. The van der Waals surface area contributed by atoms with Gasteiger partial charge in [-0.2, -0.15) is 0 Å². The van der Waals surface area contributed by atoms with E-state index >= 15 is 0 Å². The van der Waals surface area contributed by atoms with Crippen molar-refractivity contribution in [2.75, 3.05) is 25.1 Å². The number of aryl methyl sites for hydroxylation is 1. The lowest BCUT2D eigenvalue weighted by Gasteiger charge is -2.34. The molecule has 1 aliphatic rings. The Bertz CT molecular complexity index is 747. The fourth-order valence-corrected chi connectivity index (χ4v) is 3.50. The molecule has 0 aliphatic carbocycles. The van der Waals surface area contributed by atoms with Crippen LogP contribution in [-0.2, 0) is 9.53 Å². The molecule has 1 amide bonds. The fourth-order valence-electron chi connectivity index (χ4n) is 2.78. The topological polar surface area (TPSA) is 77.2 Å². The van der Waals surface area contributed by atoms with Gasteiger partial charge in [-0.1, -0.05) is 0 Å². The number of amides is 1. The van der Waals surface area contributed by atoms with Gasteiger partial charge in [0.05, 0.1) is 11.1 Å². The van der Waals surface area contributed by atoms with E-state index in [9.17, 15) is 9.18 Å². The van der Waals surface area contributed by atoms with Crippen LogP contribution in [0.5, 0.6) is 0 Å². The smallest absolute Gasteiger partial charge is 0.233 e. The molecule has 136 valence electrons. The summed E-state index contributed by atoms with van der Waals surface area (Å²) in [6.45, 7) is 3.09. The van der Waals surface area contributed by atoms with E-state index in [1.165, 1.54) is 17.4 Å². The Balaban J connectivity index is 0.00000225. The molecule has 0 radical (unpaired) electrons. The fraction of sp³-hybridized carbons (Fsp3) is 0.412. The average molecular weight is 386 g/mol. The molecular weight excluding hydrogens is 365 g/mol. The van der Waals surface area contributed by atoms with E-state index in [2.05, 4.69) is 10.3 Å². The summed E-state index contributed by atoms with van der Waals surface area (Å²) in [4.78, 5) is 17.1. The molecule has 0 spiro atoms. The standard InChI is InChI=1S/C17H20FN3O2S.ClH/c1-11-8-12(2-3-13(11)18)14-9-24-16(20-14)21-15(22)17(10-19)4-6-23-7-5-17;/h2-3,8-9H,4-7,10,19H2,1H3,(H,20,21,22);1H. The van der Waals surface area contributed by atoms with E-state index in [-0.39, 0.29) is 30.7 Å². The maximum absolute atomic E-state index is 13.4. The first-order valence-electron chi connectivity index (χ1n) is 7.85. The number of carbonyl (C=O) groups excluding carboxylic acids is 1. The summed E-state index contributed by atoms with van der Waals surface area (Å²) in [6, 6.07) is 4.85. The van der Waals surface area contributed by atoms with Crippen LogP contribution >= 0.6 is 23.7 Å². The van der Waals surface area contributed by atoms with Crippen LogP contribution in [0.25, 0.3) is 11.3 Å². The Labute approximate surface area is 156 Å². The summed E-state index contributed by atoms with van der Waals surface area (Å²) >= 11 is 1.35. The maximum atomic E-state index is 13.4. The minimum Gasteiger partial charge on any atom is -0.381 e. The molecule has 1 aliphatic heterocycles. The Morgan fingerprint density at radius 1 is 1.44 bits per heavy atom. The highest BCUT2D eigenvalue weighted by atomic mass is 35.5. The van der Waals surface area contributed by atoms with E-state index in [0.717, 1.165) is 5.56 Å². The molecule has 0 saturated carbocycles. The van der Waals surface area contributed by atoms with E-state index in [4.69, 9.17) is 10.5 Å². The van der Waals surface area contributed by atoms with E-state index in [0.29, 0.717) is 42.4 Å². The highest BCUT2D eigenvalue weighted by Crippen LogP contribution is 2.32. The number of nitrogens with two attached hydrogens (primary N) is 1. The van der Waals surface area contributed by atoms with Crippen molar-refractivity contribution in [2.24, 2.45) is 11.1 Å². The molecule has 0 atom stereocenters. The maximum Gasteiger partial charge on any atom is 0.233 e. The molecule has 0 unspecified atom stereocenters. The highest BCUT2D eigenvalue weighted by molar-refractivity contribution is 7.14. The summed E-state index contributed by atoms with van der Waals surface area (Å²) in [5.74, 6) is -0.351. The number of carbonyl (C=O) groups is 1. The minimum absolute atomic E-state index is 0. The number of anilines is 1. The molecule has 3 rings (SSSR count). The van der Waals surface area contributed by atoms with Crippen LogP contribution in [0.3, 0.4) is 0 Å². The summed E-state index contributed by atoms with van der Waals surface area (Å²) in [7, 11) is 0. The third-order valence-corrected chi connectivity index (χ3v) is 5.26. The second kappa shape index (κ2) is 8.23. The second-order valence-corrected chi connectivity index (χ2v) is 6.91. The normalized spacial score (nSPS) is 16.1. The first-order chi connectivity index (χ1) is 11.5. The summed E-state index contributed by atoms with van der Waals surface area (Å²) < 4.78 is 18.7. The van der Waals surface area contributed by atoms with Crippen molar-refractivity contribution in [3.05, 3.63) is 35.0 Å². The molecule has 5 nitrogen and oxygen atoms in total. The molecular formula is C17H21ClFN3O2S. The van der Waals surface area contributed by atoms with Crippen molar-refractivity contribution in [3.8, 4) is 11.3 Å². The Morgan fingerprint density at radius 2 is 2.16 bits per heavy atom. The monoisotopic (exact) mass is 385 g/mol. The largest absolute Gasteiger partial charge is 0.381 e. The van der Waals surface area contributed by atoms with Gasteiger partial charge >= 0.3 is 0 Å². The first kappa shape index (κ1) is 19.8. The third-order valence-electron chi connectivity index (χ3n) is 4.50.